The van der Waals surface area contributed by atoms with Crippen LogP contribution in [-0.2, 0) is 4.79 Å². The standard InChI is InChI=1S/C14H26N4O3/c19-12(20)14(3-1-4-14)11-17-13(21)16-5-2-8-18-9-6-15-7-10-18/h15H,1-11H2,(H,19,20)(H2,16,17,21). The molecule has 1 saturated heterocycles. The van der Waals surface area contributed by atoms with Gasteiger partial charge in [-0.15, -0.1) is 0 Å². The summed E-state index contributed by atoms with van der Waals surface area (Å²) in [6.45, 7) is 6.03. The van der Waals surface area contributed by atoms with Gasteiger partial charge < -0.3 is 26.0 Å². The van der Waals surface area contributed by atoms with E-state index in [-0.39, 0.29) is 12.6 Å². The average molecular weight is 298 g/mol. The Morgan fingerprint density at radius 2 is 1.90 bits per heavy atom. The molecule has 0 spiro atoms. The van der Waals surface area contributed by atoms with Crippen LogP contribution in [0.1, 0.15) is 25.7 Å². The molecular weight excluding hydrogens is 272 g/mol. The monoisotopic (exact) mass is 298 g/mol. The quantitative estimate of drug-likeness (QED) is 0.490. The Morgan fingerprint density at radius 1 is 1.19 bits per heavy atom. The van der Waals surface area contributed by atoms with Gasteiger partial charge in [0.05, 0.1) is 5.41 Å². The second kappa shape index (κ2) is 7.61. The number of piperazine rings is 1. The van der Waals surface area contributed by atoms with E-state index in [9.17, 15) is 14.7 Å². The van der Waals surface area contributed by atoms with Crippen molar-refractivity contribution in [1.82, 2.24) is 20.9 Å². The fourth-order valence-electron chi connectivity index (χ4n) is 2.82. The Balaban J connectivity index is 1.54. The number of hydrogen-bond donors (Lipinski definition) is 4. The highest BCUT2D eigenvalue weighted by atomic mass is 16.4. The average Bonchev–Trinajstić information content (AvgIpc) is 2.43. The van der Waals surface area contributed by atoms with Gasteiger partial charge in [0.1, 0.15) is 0 Å². The summed E-state index contributed by atoms with van der Waals surface area (Å²) in [5, 5.41) is 18.0. The molecule has 21 heavy (non-hydrogen) atoms. The van der Waals surface area contributed by atoms with Crippen LogP contribution in [0.3, 0.4) is 0 Å². The second-order valence-electron chi connectivity index (χ2n) is 5.99. The van der Waals surface area contributed by atoms with Crippen molar-refractivity contribution in [3.05, 3.63) is 0 Å². The predicted octanol–water partition coefficient (Wildman–Crippen LogP) is -0.164. The van der Waals surface area contributed by atoms with Crippen molar-refractivity contribution in [2.24, 2.45) is 5.41 Å². The predicted molar refractivity (Wildman–Crippen MR) is 79.2 cm³/mol. The molecule has 0 aromatic heterocycles. The molecule has 2 aliphatic rings. The number of urea groups is 1. The zero-order valence-corrected chi connectivity index (χ0v) is 12.5. The topological polar surface area (TPSA) is 93.7 Å². The number of hydrogen-bond acceptors (Lipinski definition) is 4. The molecule has 4 N–H and O–H groups in total. The number of aliphatic carboxylic acids is 1. The van der Waals surface area contributed by atoms with Crippen molar-refractivity contribution in [2.45, 2.75) is 25.7 Å². The van der Waals surface area contributed by atoms with Crippen molar-refractivity contribution in [2.75, 3.05) is 45.8 Å². The molecule has 2 amide bonds. The van der Waals surface area contributed by atoms with Gasteiger partial charge >= 0.3 is 12.0 Å². The summed E-state index contributed by atoms with van der Waals surface area (Å²) in [5.74, 6) is -0.798. The number of carbonyl (C=O) groups excluding carboxylic acids is 1. The summed E-state index contributed by atoms with van der Waals surface area (Å²) in [5.41, 5.74) is -0.724. The zero-order valence-electron chi connectivity index (χ0n) is 12.5. The van der Waals surface area contributed by atoms with Gasteiger partial charge in [-0.1, -0.05) is 6.42 Å². The lowest BCUT2D eigenvalue weighted by atomic mass is 9.69. The van der Waals surface area contributed by atoms with E-state index < -0.39 is 11.4 Å². The van der Waals surface area contributed by atoms with E-state index in [0.29, 0.717) is 19.4 Å². The third kappa shape index (κ3) is 4.57. The summed E-state index contributed by atoms with van der Waals surface area (Å²) in [6, 6.07) is -0.261. The maximum Gasteiger partial charge on any atom is 0.314 e. The molecule has 2 fully saturated rings. The van der Waals surface area contributed by atoms with Gasteiger partial charge in [0.25, 0.3) is 0 Å². The molecule has 7 heteroatoms. The second-order valence-corrected chi connectivity index (χ2v) is 5.99. The van der Waals surface area contributed by atoms with Gasteiger partial charge in [-0.25, -0.2) is 4.79 Å². The highest BCUT2D eigenvalue weighted by molar-refractivity contribution is 5.78. The first-order valence-corrected chi connectivity index (χ1v) is 7.81. The normalized spacial score (nSPS) is 21.3. The Labute approximate surface area is 125 Å². The van der Waals surface area contributed by atoms with Crippen LogP contribution in [0.15, 0.2) is 0 Å². The smallest absolute Gasteiger partial charge is 0.314 e. The van der Waals surface area contributed by atoms with E-state index in [1.54, 1.807) is 0 Å². The van der Waals surface area contributed by atoms with E-state index in [0.717, 1.165) is 45.6 Å². The van der Waals surface area contributed by atoms with Gasteiger partial charge in [0.15, 0.2) is 0 Å². The summed E-state index contributed by atoms with van der Waals surface area (Å²) >= 11 is 0. The van der Waals surface area contributed by atoms with Crippen LogP contribution < -0.4 is 16.0 Å². The number of carbonyl (C=O) groups is 2. The van der Waals surface area contributed by atoms with Crippen LogP contribution in [0.5, 0.6) is 0 Å². The first-order chi connectivity index (χ1) is 10.1. The molecule has 0 atom stereocenters. The highest BCUT2D eigenvalue weighted by Crippen LogP contribution is 2.40. The summed E-state index contributed by atoms with van der Waals surface area (Å²) in [4.78, 5) is 25.2. The molecule has 1 heterocycles. The van der Waals surface area contributed by atoms with Crippen LogP contribution in [0.25, 0.3) is 0 Å². The third-order valence-electron chi connectivity index (χ3n) is 4.50. The number of amides is 2. The number of nitrogens with one attached hydrogen (secondary N) is 3. The zero-order chi connectivity index (χ0) is 15.1. The summed E-state index contributed by atoms with van der Waals surface area (Å²) in [6.07, 6.45) is 3.16. The summed E-state index contributed by atoms with van der Waals surface area (Å²) in [7, 11) is 0. The fraction of sp³-hybridized carbons (Fsp3) is 0.857. The number of rotatable bonds is 7. The minimum absolute atomic E-state index is 0.228. The van der Waals surface area contributed by atoms with Crippen molar-refractivity contribution < 1.29 is 14.7 Å². The van der Waals surface area contributed by atoms with Gasteiger partial charge in [-0.05, 0) is 25.8 Å². The Morgan fingerprint density at radius 3 is 2.48 bits per heavy atom. The molecule has 1 aliphatic carbocycles. The molecular formula is C14H26N4O3. The van der Waals surface area contributed by atoms with Crippen molar-refractivity contribution in [3.63, 3.8) is 0 Å². The van der Waals surface area contributed by atoms with Gasteiger partial charge in [-0.2, -0.15) is 0 Å². The molecule has 0 unspecified atom stereocenters. The summed E-state index contributed by atoms with van der Waals surface area (Å²) < 4.78 is 0. The van der Waals surface area contributed by atoms with Crippen molar-refractivity contribution in [3.8, 4) is 0 Å². The number of nitrogens with zero attached hydrogens (tertiary/aromatic N) is 1. The van der Waals surface area contributed by atoms with Gasteiger partial charge in [-0.3, -0.25) is 4.79 Å². The molecule has 7 nitrogen and oxygen atoms in total. The van der Waals surface area contributed by atoms with Crippen molar-refractivity contribution >= 4 is 12.0 Å². The molecule has 0 radical (unpaired) electrons. The maximum absolute atomic E-state index is 11.7. The van der Waals surface area contributed by atoms with Crippen LogP contribution in [0.2, 0.25) is 0 Å². The first kappa shape index (κ1) is 16.0. The number of carboxylic acid groups (broad SMARTS) is 1. The van der Waals surface area contributed by atoms with Crippen LogP contribution in [0, 0.1) is 5.41 Å². The van der Waals surface area contributed by atoms with E-state index >= 15 is 0 Å². The van der Waals surface area contributed by atoms with E-state index in [1.807, 2.05) is 0 Å². The van der Waals surface area contributed by atoms with Gasteiger partial charge in [0, 0.05) is 39.3 Å². The minimum atomic E-state index is -0.798. The lowest BCUT2D eigenvalue weighted by Crippen LogP contribution is -2.50. The SMILES string of the molecule is O=C(NCCCN1CCNCC1)NCC1(C(=O)O)CCC1. The first-order valence-electron chi connectivity index (χ1n) is 7.81. The Bertz CT molecular complexity index is 365. The lowest BCUT2D eigenvalue weighted by molar-refractivity contribution is -0.153. The maximum atomic E-state index is 11.7. The van der Waals surface area contributed by atoms with Crippen LogP contribution in [-0.4, -0.2) is 67.8 Å². The molecule has 0 aromatic rings. The van der Waals surface area contributed by atoms with Gasteiger partial charge in [0.2, 0.25) is 0 Å². The third-order valence-corrected chi connectivity index (χ3v) is 4.50. The van der Waals surface area contributed by atoms with E-state index in [4.69, 9.17) is 0 Å². The van der Waals surface area contributed by atoms with Crippen LogP contribution >= 0.6 is 0 Å². The Hall–Kier alpha value is -1.34. The molecule has 1 aliphatic heterocycles. The molecule has 120 valence electrons. The van der Waals surface area contributed by atoms with E-state index in [2.05, 4.69) is 20.9 Å². The van der Waals surface area contributed by atoms with E-state index in [1.165, 1.54) is 0 Å². The van der Waals surface area contributed by atoms with Crippen LogP contribution in [0.4, 0.5) is 4.79 Å². The largest absolute Gasteiger partial charge is 0.481 e. The molecule has 0 bridgehead atoms. The lowest BCUT2D eigenvalue weighted by Gasteiger charge is -2.37. The Kier molecular flexibility index (Phi) is 5.81. The molecule has 2 rings (SSSR count). The van der Waals surface area contributed by atoms with Crippen molar-refractivity contribution in [1.29, 1.82) is 0 Å². The molecule has 0 aromatic carbocycles. The minimum Gasteiger partial charge on any atom is -0.481 e. The highest BCUT2D eigenvalue weighted by Gasteiger charge is 2.44. The number of carboxylic acids is 1. The fourth-order valence-corrected chi connectivity index (χ4v) is 2.82. The molecule has 1 saturated carbocycles.